The molecule has 0 aliphatic heterocycles. The molecule has 0 radical (unpaired) electrons. The summed E-state index contributed by atoms with van der Waals surface area (Å²) in [6.45, 7) is 0.683. The quantitative estimate of drug-likeness (QED) is 0.886. The first-order valence-corrected chi connectivity index (χ1v) is 7.01. The molecule has 3 rings (SSSR count). The first-order valence-electron chi connectivity index (χ1n) is 7.01. The SMILES string of the molecule is NC1C=CC=C(c2ccccc2)C1(N)CCn1cncn1. The van der Waals surface area contributed by atoms with Gasteiger partial charge in [-0.2, -0.15) is 5.10 Å². The van der Waals surface area contributed by atoms with Gasteiger partial charge in [-0.15, -0.1) is 0 Å². The van der Waals surface area contributed by atoms with Gasteiger partial charge in [0.15, 0.2) is 0 Å². The summed E-state index contributed by atoms with van der Waals surface area (Å²) in [5.41, 5.74) is 14.5. The highest BCUT2D eigenvalue weighted by atomic mass is 15.3. The van der Waals surface area contributed by atoms with E-state index in [0.717, 1.165) is 11.1 Å². The average Bonchev–Trinajstić information content (AvgIpc) is 3.03. The summed E-state index contributed by atoms with van der Waals surface area (Å²) >= 11 is 0. The van der Waals surface area contributed by atoms with E-state index >= 15 is 0 Å². The molecule has 1 heterocycles. The van der Waals surface area contributed by atoms with E-state index in [0.29, 0.717) is 13.0 Å². The smallest absolute Gasteiger partial charge is 0.137 e. The summed E-state index contributed by atoms with van der Waals surface area (Å²) in [6.07, 6.45) is 9.90. The molecule has 2 atom stereocenters. The van der Waals surface area contributed by atoms with Crippen molar-refractivity contribution in [2.24, 2.45) is 11.5 Å². The molecule has 1 aromatic carbocycles. The van der Waals surface area contributed by atoms with Crippen LogP contribution in [0.25, 0.3) is 5.57 Å². The molecule has 2 aromatic rings. The van der Waals surface area contributed by atoms with Crippen molar-refractivity contribution in [3.8, 4) is 0 Å². The molecule has 1 aliphatic carbocycles. The van der Waals surface area contributed by atoms with Crippen LogP contribution in [0.5, 0.6) is 0 Å². The lowest BCUT2D eigenvalue weighted by atomic mass is 9.75. The van der Waals surface area contributed by atoms with Crippen LogP contribution in [0.15, 0.2) is 61.2 Å². The van der Waals surface area contributed by atoms with Crippen molar-refractivity contribution in [3.63, 3.8) is 0 Å². The van der Waals surface area contributed by atoms with Gasteiger partial charge >= 0.3 is 0 Å². The minimum absolute atomic E-state index is 0.221. The molecule has 1 aliphatic rings. The van der Waals surface area contributed by atoms with Crippen LogP contribution in [0, 0.1) is 0 Å². The highest BCUT2D eigenvalue weighted by molar-refractivity contribution is 5.77. The number of rotatable bonds is 4. The summed E-state index contributed by atoms with van der Waals surface area (Å²) in [5, 5.41) is 4.13. The number of nitrogens with zero attached hydrogens (tertiary/aromatic N) is 3. The minimum atomic E-state index is -0.609. The maximum absolute atomic E-state index is 6.69. The molecule has 0 fully saturated rings. The molecular weight excluding hydrogens is 262 g/mol. The molecular formula is C16H19N5. The van der Waals surface area contributed by atoms with Gasteiger partial charge in [-0.3, -0.25) is 4.68 Å². The fourth-order valence-electron chi connectivity index (χ4n) is 2.71. The average molecular weight is 281 g/mol. The van der Waals surface area contributed by atoms with Crippen LogP contribution in [0.4, 0.5) is 0 Å². The Hall–Kier alpha value is -2.24. The minimum Gasteiger partial charge on any atom is -0.323 e. The van der Waals surface area contributed by atoms with Crippen LogP contribution in [-0.2, 0) is 6.54 Å². The van der Waals surface area contributed by atoms with Crippen molar-refractivity contribution in [3.05, 3.63) is 66.8 Å². The topological polar surface area (TPSA) is 82.8 Å². The third-order valence-corrected chi connectivity index (χ3v) is 3.98. The lowest BCUT2D eigenvalue weighted by Gasteiger charge is -2.38. The summed E-state index contributed by atoms with van der Waals surface area (Å²) in [5.74, 6) is 0. The van der Waals surface area contributed by atoms with Gasteiger partial charge in [0.05, 0.1) is 5.54 Å². The Morgan fingerprint density at radius 1 is 1.24 bits per heavy atom. The Bertz CT molecular complexity index is 645. The predicted molar refractivity (Wildman–Crippen MR) is 83.1 cm³/mol. The number of aryl methyl sites for hydroxylation is 1. The lowest BCUT2D eigenvalue weighted by Crippen LogP contribution is -2.56. The zero-order valence-corrected chi connectivity index (χ0v) is 11.8. The van der Waals surface area contributed by atoms with Gasteiger partial charge < -0.3 is 11.5 Å². The molecule has 5 nitrogen and oxygen atoms in total. The Morgan fingerprint density at radius 3 is 2.76 bits per heavy atom. The molecule has 4 N–H and O–H groups in total. The van der Waals surface area contributed by atoms with E-state index in [4.69, 9.17) is 11.5 Å². The molecule has 5 heteroatoms. The van der Waals surface area contributed by atoms with E-state index in [2.05, 4.69) is 28.3 Å². The Balaban J connectivity index is 1.89. The zero-order valence-electron chi connectivity index (χ0n) is 11.8. The second-order valence-electron chi connectivity index (χ2n) is 5.31. The van der Waals surface area contributed by atoms with Crippen LogP contribution >= 0.6 is 0 Å². The van der Waals surface area contributed by atoms with E-state index in [-0.39, 0.29) is 6.04 Å². The monoisotopic (exact) mass is 281 g/mol. The van der Waals surface area contributed by atoms with Gasteiger partial charge in [0.1, 0.15) is 12.7 Å². The van der Waals surface area contributed by atoms with E-state index < -0.39 is 5.54 Å². The number of hydrogen-bond acceptors (Lipinski definition) is 4. The molecule has 0 saturated heterocycles. The molecule has 0 saturated carbocycles. The van der Waals surface area contributed by atoms with Crippen molar-refractivity contribution in [2.45, 2.75) is 24.5 Å². The van der Waals surface area contributed by atoms with Crippen LogP contribution in [0.3, 0.4) is 0 Å². The van der Waals surface area contributed by atoms with Crippen molar-refractivity contribution in [1.29, 1.82) is 0 Å². The normalized spacial score (nSPS) is 24.9. The van der Waals surface area contributed by atoms with Crippen LogP contribution in [0.1, 0.15) is 12.0 Å². The molecule has 21 heavy (non-hydrogen) atoms. The summed E-state index contributed by atoms with van der Waals surface area (Å²) < 4.78 is 1.78. The summed E-state index contributed by atoms with van der Waals surface area (Å²) in [7, 11) is 0. The van der Waals surface area contributed by atoms with Crippen LogP contribution < -0.4 is 11.5 Å². The molecule has 2 unspecified atom stereocenters. The van der Waals surface area contributed by atoms with Crippen LogP contribution in [-0.4, -0.2) is 26.3 Å². The number of aromatic nitrogens is 3. The van der Waals surface area contributed by atoms with Crippen molar-refractivity contribution in [2.75, 3.05) is 0 Å². The van der Waals surface area contributed by atoms with Gasteiger partial charge in [-0.25, -0.2) is 4.98 Å². The van der Waals surface area contributed by atoms with Crippen molar-refractivity contribution >= 4 is 5.57 Å². The summed E-state index contributed by atoms with van der Waals surface area (Å²) in [6, 6.07) is 9.93. The number of hydrogen-bond donors (Lipinski definition) is 2. The second-order valence-corrected chi connectivity index (χ2v) is 5.31. The Kier molecular flexibility index (Phi) is 3.68. The third kappa shape index (κ3) is 2.66. The largest absolute Gasteiger partial charge is 0.323 e. The maximum Gasteiger partial charge on any atom is 0.137 e. The van der Waals surface area contributed by atoms with Gasteiger partial charge in [0, 0.05) is 12.6 Å². The lowest BCUT2D eigenvalue weighted by molar-refractivity contribution is 0.406. The highest BCUT2D eigenvalue weighted by Gasteiger charge is 2.37. The molecule has 0 bridgehead atoms. The van der Waals surface area contributed by atoms with Crippen molar-refractivity contribution < 1.29 is 0 Å². The van der Waals surface area contributed by atoms with E-state index in [1.807, 2.05) is 30.4 Å². The first kappa shape index (κ1) is 13.7. The van der Waals surface area contributed by atoms with E-state index in [1.54, 1.807) is 11.0 Å². The molecule has 0 amide bonds. The first-order chi connectivity index (χ1) is 10.2. The Labute approximate surface area is 124 Å². The van der Waals surface area contributed by atoms with E-state index in [1.165, 1.54) is 6.33 Å². The molecule has 1 aromatic heterocycles. The van der Waals surface area contributed by atoms with Crippen molar-refractivity contribution in [1.82, 2.24) is 14.8 Å². The molecule has 0 spiro atoms. The van der Waals surface area contributed by atoms with Gasteiger partial charge in [-0.1, -0.05) is 48.6 Å². The second kappa shape index (κ2) is 5.63. The van der Waals surface area contributed by atoms with Crippen LogP contribution in [0.2, 0.25) is 0 Å². The predicted octanol–water partition coefficient (Wildman–Crippen LogP) is 1.35. The maximum atomic E-state index is 6.69. The fraction of sp³-hybridized carbons (Fsp3) is 0.250. The number of nitrogens with two attached hydrogens (primary N) is 2. The highest BCUT2D eigenvalue weighted by Crippen LogP contribution is 2.33. The van der Waals surface area contributed by atoms with E-state index in [9.17, 15) is 0 Å². The standard InChI is InChI=1S/C16H19N5/c17-15-8-4-7-14(13-5-2-1-3-6-13)16(15,18)9-10-21-12-19-11-20-21/h1-8,11-12,15H,9-10,17-18H2. The Morgan fingerprint density at radius 2 is 2.05 bits per heavy atom. The summed E-state index contributed by atoms with van der Waals surface area (Å²) in [4.78, 5) is 3.96. The number of allylic oxidation sites excluding steroid dienone is 2. The third-order valence-electron chi connectivity index (χ3n) is 3.98. The van der Waals surface area contributed by atoms with Gasteiger partial charge in [-0.05, 0) is 17.6 Å². The molecule has 108 valence electrons. The van der Waals surface area contributed by atoms with Gasteiger partial charge in [0.2, 0.25) is 0 Å². The number of benzene rings is 1. The van der Waals surface area contributed by atoms with Gasteiger partial charge in [0.25, 0.3) is 0 Å². The zero-order chi connectivity index (χ0) is 14.7. The fourth-order valence-corrected chi connectivity index (χ4v) is 2.71.